The number of hydrogen-bond donors (Lipinski definition) is 1. The third kappa shape index (κ3) is 4.53. The summed E-state index contributed by atoms with van der Waals surface area (Å²) in [6.07, 6.45) is -1.38. The number of ketones is 1. The van der Waals surface area contributed by atoms with Crippen LogP contribution in [0.3, 0.4) is 0 Å². The normalized spacial score (nSPS) is 20.9. The lowest BCUT2D eigenvalue weighted by molar-refractivity contribution is -0.119. The number of amides is 1. The van der Waals surface area contributed by atoms with Crippen LogP contribution in [0.2, 0.25) is 0 Å². The van der Waals surface area contributed by atoms with Crippen LogP contribution in [0.25, 0.3) is 0 Å². The Balaban J connectivity index is 1.76. The minimum Gasteiger partial charge on any atom is -0.444 e. The highest BCUT2D eigenvalue weighted by Gasteiger charge is 2.34. The Morgan fingerprint density at radius 3 is 2.30 bits per heavy atom. The van der Waals surface area contributed by atoms with Gasteiger partial charge in [-0.1, -0.05) is 0 Å². The first kappa shape index (κ1) is 19.5. The molecule has 0 spiro atoms. The van der Waals surface area contributed by atoms with Crippen molar-refractivity contribution in [2.45, 2.75) is 25.4 Å². The molecule has 0 unspecified atom stereocenters. The molecule has 8 nitrogen and oxygen atoms in total. The van der Waals surface area contributed by atoms with E-state index in [-0.39, 0.29) is 56.1 Å². The third-order valence-corrected chi connectivity index (χ3v) is 5.27. The number of carbonyl (C=O) groups excluding carboxylic acids is 2. The molecule has 2 aliphatic heterocycles. The highest BCUT2D eigenvalue weighted by Crippen LogP contribution is 2.32. The van der Waals surface area contributed by atoms with E-state index in [9.17, 15) is 26.8 Å². The Morgan fingerprint density at radius 1 is 1.15 bits per heavy atom. The van der Waals surface area contributed by atoms with Gasteiger partial charge in [-0.25, -0.2) is 13.6 Å². The number of ether oxygens (including phenoxy) is 1. The zero-order valence-corrected chi connectivity index (χ0v) is 15.0. The Bertz CT molecular complexity index is 843. The van der Waals surface area contributed by atoms with E-state index in [2.05, 4.69) is 0 Å². The van der Waals surface area contributed by atoms with E-state index in [0.29, 0.717) is 0 Å². The van der Waals surface area contributed by atoms with Crippen molar-refractivity contribution < 1.29 is 36.1 Å². The number of piperidine rings is 1. The van der Waals surface area contributed by atoms with Crippen LogP contribution in [-0.2, 0) is 19.6 Å². The summed E-state index contributed by atoms with van der Waals surface area (Å²) in [5.41, 5.74) is -0.303. The first-order valence-electron chi connectivity index (χ1n) is 8.33. The molecule has 1 amide bonds. The smallest absolute Gasteiger partial charge is 0.414 e. The van der Waals surface area contributed by atoms with E-state index in [1.165, 1.54) is 4.90 Å². The molecule has 27 heavy (non-hydrogen) atoms. The predicted octanol–water partition coefficient (Wildman–Crippen LogP) is 1.74. The molecule has 2 aliphatic rings. The maximum absolute atomic E-state index is 14.5. The molecule has 0 radical (unpaired) electrons. The van der Waals surface area contributed by atoms with Gasteiger partial charge in [0, 0.05) is 44.5 Å². The van der Waals surface area contributed by atoms with Crippen LogP contribution in [0.4, 0.5) is 25.0 Å². The number of hydrogen-bond acceptors (Lipinski definition) is 6. The number of anilines is 2. The second kappa shape index (κ2) is 7.39. The highest BCUT2D eigenvalue weighted by atomic mass is 32.2. The molecule has 0 saturated carbocycles. The summed E-state index contributed by atoms with van der Waals surface area (Å²) in [5, 5.41) is 0. The summed E-state index contributed by atoms with van der Waals surface area (Å²) in [7, 11) is -4.21. The van der Waals surface area contributed by atoms with Gasteiger partial charge in [0.25, 0.3) is 10.1 Å². The fourth-order valence-electron chi connectivity index (χ4n) is 3.15. The Hall–Kier alpha value is -2.27. The van der Waals surface area contributed by atoms with Gasteiger partial charge in [-0.2, -0.15) is 8.42 Å². The lowest BCUT2D eigenvalue weighted by atomic mass is 10.1. The van der Waals surface area contributed by atoms with Gasteiger partial charge in [0.05, 0.1) is 18.0 Å². The molecule has 1 N–H and O–H groups in total. The molecule has 3 rings (SSSR count). The summed E-state index contributed by atoms with van der Waals surface area (Å²) in [6.45, 7) is 0.343. The van der Waals surface area contributed by atoms with Crippen molar-refractivity contribution in [2.75, 3.05) is 35.2 Å². The quantitative estimate of drug-likeness (QED) is 0.746. The zero-order valence-electron chi connectivity index (χ0n) is 14.2. The molecule has 148 valence electrons. The zero-order chi connectivity index (χ0) is 19.8. The van der Waals surface area contributed by atoms with E-state index in [1.54, 1.807) is 0 Å². The van der Waals surface area contributed by atoms with Crippen molar-refractivity contribution in [2.24, 2.45) is 0 Å². The molecule has 11 heteroatoms. The second-order valence-corrected chi connectivity index (χ2v) is 8.05. The predicted molar refractivity (Wildman–Crippen MR) is 91.5 cm³/mol. The summed E-state index contributed by atoms with van der Waals surface area (Å²) in [6, 6.07) is 2.00. The molecule has 1 atom stereocenters. The van der Waals surface area contributed by atoms with Crippen molar-refractivity contribution in [1.82, 2.24) is 0 Å². The summed E-state index contributed by atoms with van der Waals surface area (Å²) in [5.74, 6) is -2.28. The number of carbonyl (C=O) groups is 2. The minimum absolute atomic E-state index is 0.0411. The largest absolute Gasteiger partial charge is 0.444 e. The second-order valence-electron chi connectivity index (χ2n) is 6.47. The van der Waals surface area contributed by atoms with Crippen molar-refractivity contribution in [3.05, 3.63) is 23.8 Å². The van der Waals surface area contributed by atoms with E-state index >= 15 is 0 Å². The van der Waals surface area contributed by atoms with Crippen LogP contribution < -0.4 is 9.80 Å². The van der Waals surface area contributed by atoms with Gasteiger partial charge in [0.1, 0.15) is 17.6 Å². The SMILES string of the molecule is O=C1CCN(c2c(F)cc(N3C[C@@H](CCS(=O)(=O)O)OC3=O)cc2F)CC1. The Labute approximate surface area is 154 Å². The van der Waals surface area contributed by atoms with Crippen LogP contribution in [0.15, 0.2) is 12.1 Å². The van der Waals surface area contributed by atoms with Crippen molar-refractivity contribution in [3.63, 3.8) is 0 Å². The van der Waals surface area contributed by atoms with Crippen LogP contribution in [-0.4, -0.2) is 56.3 Å². The molecule has 1 aromatic rings. The molecular formula is C16H18F2N2O6S. The van der Waals surface area contributed by atoms with Crippen molar-refractivity contribution >= 4 is 33.4 Å². The Kier molecular flexibility index (Phi) is 5.33. The summed E-state index contributed by atoms with van der Waals surface area (Å²) < 4.78 is 64.4. The molecule has 1 aromatic carbocycles. The average Bonchev–Trinajstić information content (AvgIpc) is 2.94. The van der Waals surface area contributed by atoms with Crippen LogP contribution in [0.5, 0.6) is 0 Å². The lowest BCUT2D eigenvalue weighted by Crippen LogP contribution is -2.35. The van der Waals surface area contributed by atoms with Gasteiger partial charge in [-0.3, -0.25) is 14.2 Å². The molecule has 2 heterocycles. The molecule has 0 bridgehead atoms. The van der Waals surface area contributed by atoms with Gasteiger partial charge in [0.2, 0.25) is 0 Å². The number of halogens is 2. The first-order chi connectivity index (χ1) is 12.6. The van der Waals surface area contributed by atoms with Gasteiger partial charge in [0.15, 0.2) is 11.6 Å². The number of cyclic esters (lactones) is 1. The molecule has 0 aliphatic carbocycles. The highest BCUT2D eigenvalue weighted by molar-refractivity contribution is 7.85. The molecular weight excluding hydrogens is 386 g/mol. The lowest BCUT2D eigenvalue weighted by Gasteiger charge is -2.29. The van der Waals surface area contributed by atoms with Gasteiger partial charge in [-0.15, -0.1) is 0 Å². The van der Waals surface area contributed by atoms with E-state index in [4.69, 9.17) is 9.29 Å². The maximum atomic E-state index is 14.5. The number of rotatable bonds is 5. The number of Topliss-reactive ketones (excluding diaryl/α,β-unsaturated/α-hetero) is 1. The topological polar surface area (TPSA) is 104 Å². The van der Waals surface area contributed by atoms with Crippen molar-refractivity contribution in [1.29, 1.82) is 0 Å². The van der Waals surface area contributed by atoms with Crippen LogP contribution in [0, 0.1) is 11.6 Å². The fourth-order valence-corrected chi connectivity index (χ4v) is 3.71. The van der Waals surface area contributed by atoms with E-state index in [0.717, 1.165) is 17.0 Å². The minimum atomic E-state index is -4.21. The summed E-state index contributed by atoms with van der Waals surface area (Å²) in [4.78, 5) is 25.7. The fraction of sp³-hybridized carbons (Fsp3) is 0.500. The number of benzene rings is 1. The molecule has 2 fully saturated rings. The van der Waals surface area contributed by atoms with Crippen molar-refractivity contribution in [3.8, 4) is 0 Å². The standard InChI is InChI=1S/C16H18F2N2O6S/c17-13-7-10(8-14(18)15(13)19-4-1-11(21)2-5-19)20-9-12(26-16(20)22)3-6-27(23,24)25/h7-8,12H,1-6,9H2,(H,23,24,25)/t12-/m1/s1. The van der Waals surface area contributed by atoms with Gasteiger partial charge < -0.3 is 9.64 Å². The monoisotopic (exact) mass is 404 g/mol. The van der Waals surface area contributed by atoms with Crippen LogP contribution in [0.1, 0.15) is 19.3 Å². The van der Waals surface area contributed by atoms with Crippen LogP contribution >= 0.6 is 0 Å². The third-order valence-electron chi connectivity index (χ3n) is 4.52. The Morgan fingerprint density at radius 2 is 1.74 bits per heavy atom. The summed E-state index contributed by atoms with van der Waals surface area (Å²) >= 11 is 0. The first-order valence-corrected chi connectivity index (χ1v) is 9.94. The van der Waals surface area contributed by atoms with Gasteiger partial charge in [-0.05, 0) is 0 Å². The average molecular weight is 404 g/mol. The maximum Gasteiger partial charge on any atom is 0.414 e. The molecule has 2 saturated heterocycles. The van der Waals surface area contributed by atoms with E-state index in [1.807, 2.05) is 0 Å². The molecule has 0 aromatic heterocycles. The van der Waals surface area contributed by atoms with E-state index < -0.39 is 39.7 Å². The number of nitrogens with zero attached hydrogens (tertiary/aromatic N) is 2. The van der Waals surface area contributed by atoms with Gasteiger partial charge >= 0.3 is 6.09 Å².